The third-order valence-corrected chi connectivity index (χ3v) is 8.78. The molecule has 29 heavy (non-hydrogen) atoms. The van der Waals surface area contributed by atoms with Crippen molar-refractivity contribution < 1.29 is 22.0 Å². The molecule has 3 heterocycles. The molecular formula is C20H22F2N2O3S2. The highest BCUT2D eigenvalue weighted by atomic mass is 32.2. The number of benzene rings is 1. The fourth-order valence-electron chi connectivity index (χ4n) is 4.17. The highest BCUT2D eigenvalue weighted by molar-refractivity contribution is 7.89. The zero-order valence-corrected chi connectivity index (χ0v) is 17.6. The van der Waals surface area contributed by atoms with Gasteiger partial charge in [0.1, 0.15) is 0 Å². The molecule has 0 N–H and O–H groups in total. The van der Waals surface area contributed by atoms with Crippen LogP contribution in [0.15, 0.2) is 34.5 Å². The van der Waals surface area contributed by atoms with E-state index in [2.05, 4.69) is 11.4 Å². The van der Waals surface area contributed by atoms with E-state index in [1.807, 2.05) is 11.8 Å². The Labute approximate surface area is 173 Å². The van der Waals surface area contributed by atoms with Crippen LogP contribution in [0.3, 0.4) is 0 Å². The van der Waals surface area contributed by atoms with Crippen molar-refractivity contribution in [1.29, 1.82) is 0 Å². The first-order valence-electron chi connectivity index (χ1n) is 9.61. The second-order valence-electron chi connectivity index (χ2n) is 7.51. The smallest absolute Gasteiger partial charge is 0.243 e. The number of piperidine rings is 1. The van der Waals surface area contributed by atoms with Crippen molar-refractivity contribution in [1.82, 2.24) is 9.21 Å². The van der Waals surface area contributed by atoms with Crippen molar-refractivity contribution in [2.75, 3.05) is 19.6 Å². The van der Waals surface area contributed by atoms with E-state index in [0.717, 1.165) is 18.6 Å². The lowest BCUT2D eigenvalue weighted by Gasteiger charge is -2.38. The first-order chi connectivity index (χ1) is 13.8. The Hall–Kier alpha value is -1.84. The van der Waals surface area contributed by atoms with Crippen LogP contribution in [0.5, 0.6) is 0 Å². The molecule has 5 nitrogen and oxygen atoms in total. The molecule has 1 unspecified atom stereocenters. The maximum absolute atomic E-state index is 13.5. The lowest BCUT2D eigenvalue weighted by atomic mass is 9.93. The highest BCUT2D eigenvalue weighted by Gasteiger charge is 2.37. The van der Waals surface area contributed by atoms with E-state index < -0.39 is 21.7 Å². The number of hydrogen-bond donors (Lipinski definition) is 0. The molecule has 1 fully saturated rings. The summed E-state index contributed by atoms with van der Waals surface area (Å²) in [5.74, 6) is -2.44. The minimum absolute atomic E-state index is 0.0291. The third kappa shape index (κ3) is 3.71. The van der Waals surface area contributed by atoms with Crippen molar-refractivity contribution in [2.24, 2.45) is 5.92 Å². The Balaban J connectivity index is 1.43. The molecule has 4 rings (SSSR count). The van der Waals surface area contributed by atoms with Gasteiger partial charge in [0, 0.05) is 30.4 Å². The van der Waals surface area contributed by atoms with Crippen LogP contribution in [-0.2, 0) is 21.2 Å². The summed E-state index contributed by atoms with van der Waals surface area (Å²) in [7, 11) is -3.92. The lowest BCUT2D eigenvalue weighted by molar-refractivity contribution is -0.139. The van der Waals surface area contributed by atoms with Gasteiger partial charge < -0.3 is 4.90 Å². The molecule has 9 heteroatoms. The summed E-state index contributed by atoms with van der Waals surface area (Å²) in [6.07, 6.45) is 1.69. The fourth-order valence-corrected chi connectivity index (χ4v) is 6.62. The van der Waals surface area contributed by atoms with E-state index in [1.165, 1.54) is 14.7 Å². The Bertz CT molecular complexity index is 1030. The van der Waals surface area contributed by atoms with Crippen LogP contribution < -0.4 is 0 Å². The van der Waals surface area contributed by atoms with E-state index in [9.17, 15) is 22.0 Å². The van der Waals surface area contributed by atoms with E-state index >= 15 is 0 Å². The van der Waals surface area contributed by atoms with Crippen molar-refractivity contribution in [3.8, 4) is 0 Å². The standard InChI is InChI=1S/C20H22F2N2O3S2/c1-13-16-7-11-28-19(16)6-10-24(13)20(25)14-4-8-23(9-5-14)29(26,27)15-2-3-17(21)18(22)12-15/h2-3,7,11-14H,4-6,8-10H2,1H3. The number of amides is 1. The summed E-state index contributed by atoms with van der Waals surface area (Å²) in [5.41, 5.74) is 1.20. The number of halogens is 2. The van der Waals surface area contributed by atoms with Gasteiger partial charge in [0.25, 0.3) is 0 Å². The molecule has 1 aromatic heterocycles. The van der Waals surface area contributed by atoms with Gasteiger partial charge in [0.05, 0.1) is 10.9 Å². The van der Waals surface area contributed by atoms with Crippen LogP contribution in [0.4, 0.5) is 8.78 Å². The number of carbonyl (C=O) groups is 1. The van der Waals surface area contributed by atoms with Crippen LogP contribution in [-0.4, -0.2) is 43.2 Å². The number of nitrogens with zero attached hydrogens (tertiary/aromatic N) is 2. The summed E-state index contributed by atoms with van der Waals surface area (Å²) in [6.45, 7) is 3.08. The Morgan fingerprint density at radius 2 is 1.83 bits per heavy atom. The van der Waals surface area contributed by atoms with Crippen LogP contribution in [0.1, 0.15) is 36.2 Å². The number of thiophene rings is 1. The Kier molecular flexibility index (Phi) is 5.48. The van der Waals surface area contributed by atoms with E-state index in [0.29, 0.717) is 25.5 Å². The van der Waals surface area contributed by atoms with Gasteiger partial charge in [-0.05, 0) is 61.4 Å². The summed E-state index contributed by atoms with van der Waals surface area (Å²) >= 11 is 1.72. The summed E-state index contributed by atoms with van der Waals surface area (Å²) in [6, 6.07) is 4.69. The number of hydrogen-bond acceptors (Lipinski definition) is 4. The number of carbonyl (C=O) groups excluding carboxylic acids is 1. The van der Waals surface area contributed by atoms with Gasteiger partial charge in [-0.3, -0.25) is 4.79 Å². The molecule has 1 atom stereocenters. The third-order valence-electron chi connectivity index (χ3n) is 5.89. The van der Waals surface area contributed by atoms with Crippen LogP contribution in [0.2, 0.25) is 0 Å². The SMILES string of the molecule is CC1c2ccsc2CCN1C(=O)C1CCN(S(=O)(=O)c2ccc(F)c(F)c2)CC1. The predicted molar refractivity (Wildman–Crippen MR) is 106 cm³/mol. The topological polar surface area (TPSA) is 57.7 Å². The molecule has 0 saturated carbocycles. The first kappa shape index (κ1) is 20.4. The molecule has 1 amide bonds. The zero-order valence-electron chi connectivity index (χ0n) is 16.0. The fraction of sp³-hybridized carbons (Fsp3) is 0.450. The van der Waals surface area contributed by atoms with Gasteiger partial charge >= 0.3 is 0 Å². The molecule has 2 aliphatic rings. The van der Waals surface area contributed by atoms with E-state index in [1.54, 1.807) is 11.3 Å². The molecule has 1 aromatic carbocycles. The molecule has 1 saturated heterocycles. The van der Waals surface area contributed by atoms with Crippen molar-refractivity contribution in [2.45, 2.75) is 37.1 Å². The second kappa shape index (κ2) is 7.77. The molecule has 0 bridgehead atoms. The number of rotatable bonds is 3. The summed E-state index contributed by atoms with van der Waals surface area (Å²) in [5, 5.41) is 2.05. The van der Waals surface area contributed by atoms with Gasteiger partial charge in [-0.15, -0.1) is 11.3 Å². The maximum Gasteiger partial charge on any atom is 0.243 e. The molecule has 156 valence electrons. The normalized spacial score (nSPS) is 21.2. The van der Waals surface area contributed by atoms with Crippen molar-refractivity contribution >= 4 is 27.3 Å². The van der Waals surface area contributed by atoms with E-state index in [4.69, 9.17) is 0 Å². The average molecular weight is 441 g/mol. The lowest BCUT2D eigenvalue weighted by Crippen LogP contribution is -2.46. The molecule has 0 spiro atoms. The van der Waals surface area contributed by atoms with Crippen LogP contribution >= 0.6 is 11.3 Å². The summed E-state index contributed by atoms with van der Waals surface area (Å²) in [4.78, 5) is 16.0. The predicted octanol–water partition coefficient (Wildman–Crippen LogP) is 3.57. The maximum atomic E-state index is 13.5. The van der Waals surface area contributed by atoms with Gasteiger partial charge in [0.15, 0.2) is 11.6 Å². The molecule has 0 radical (unpaired) electrons. The first-order valence-corrected chi connectivity index (χ1v) is 11.9. The minimum Gasteiger partial charge on any atom is -0.335 e. The highest BCUT2D eigenvalue weighted by Crippen LogP contribution is 2.35. The van der Waals surface area contributed by atoms with Crippen molar-refractivity contribution in [3.05, 3.63) is 51.7 Å². The van der Waals surface area contributed by atoms with Crippen molar-refractivity contribution in [3.63, 3.8) is 0 Å². The van der Waals surface area contributed by atoms with Gasteiger partial charge in [-0.1, -0.05) is 0 Å². The second-order valence-corrected chi connectivity index (χ2v) is 10.4. The van der Waals surface area contributed by atoms with Gasteiger partial charge in [-0.25, -0.2) is 17.2 Å². The Morgan fingerprint density at radius 3 is 2.52 bits per heavy atom. The van der Waals surface area contributed by atoms with E-state index in [-0.39, 0.29) is 35.9 Å². The molecule has 2 aromatic rings. The number of fused-ring (bicyclic) bond motifs is 1. The quantitative estimate of drug-likeness (QED) is 0.733. The summed E-state index contributed by atoms with van der Waals surface area (Å²) < 4.78 is 53.3. The molecule has 0 aliphatic carbocycles. The average Bonchev–Trinajstić information content (AvgIpc) is 3.20. The van der Waals surface area contributed by atoms with Gasteiger partial charge in [0.2, 0.25) is 15.9 Å². The van der Waals surface area contributed by atoms with Crippen LogP contribution in [0, 0.1) is 17.6 Å². The van der Waals surface area contributed by atoms with Crippen LogP contribution in [0.25, 0.3) is 0 Å². The monoisotopic (exact) mass is 440 g/mol. The zero-order chi connectivity index (χ0) is 20.8. The molecular weight excluding hydrogens is 418 g/mol. The van der Waals surface area contributed by atoms with Gasteiger partial charge in [-0.2, -0.15) is 4.31 Å². The Morgan fingerprint density at radius 1 is 1.10 bits per heavy atom. The molecule has 2 aliphatic heterocycles. The number of sulfonamides is 1. The minimum atomic E-state index is -3.92. The largest absolute Gasteiger partial charge is 0.335 e.